The summed E-state index contributed by atoms with van der Waals surface area (Å²) >= 11 is 6.21. The Balaban J connectivity index is 1.56. The smallest absolute Gasteiger partial charge is 0.459 e. The highest BCUT2D eigenvalue weighted by molar-refractivity contribution is 7.52. The van der Waals surface area contributed by atoms with Gasteiger partial charge in [0.1, 0.15) is 23.5 Å². The molecule has 14 nitrogen and oxygen atoms in total. The number of imidazole rings is 1. The second kappa shape index (κ2) is 13.1. The molecule has 0 bridgehead atoms. The number of hydrogen-bond donors (Lipinski definition) is 3. The Morgan fingerprint density at radius 3 is 2.70 bits per heavy atom. The number of nitrogens with two attached hydrogens (primary N) is 1. The van der Waals surface area contributed by atoms with E-state index < -0.39 is 50.5 Å². The van der Waals surface area contributed by atoms with E-state index in [1.54, 1.807) is 19.1 Å². The Kier molecular flexibility index (Phi) is 10.1. The van der Waals surface area contributed by atoms with E-state index in [0.717, 1.165) is 0 Å². The van der Waals surface area contributed by atoms with Gasteiger partial charge in [0.25, 0.3) is 0 Å². The number of anilines is 1. The summed E-state index contributed by atoms with van der Waals surface area (Å²) in [6, 6.07) is 5.02. The fourth-order valence-corrected chi connectivity index (χ4v) is 6.03. The molecule has 17 heteroatoms. The largest absolute Gasteiger partial charge is 0.476 e. The highest BCUT2D eigenvalue weighted by atomic mass is 35.5. The molecule has 2 unspecified atom stereocenters. The Hall–Kier alpha value is -3.07. The summed E-state index contributed by atoms with van der Waals surface area (Å²) in [4.78, 5) is 25.1. The third-order valence-corrected chi connectivity index (χ3v) is 8.39. The molecule has 4 rings (SSSR count). The number of alkyl halides is 1. The number of nitrogens with one attached hydrogen (secondary N) is 1. The Morgan fingerprint density at radius 1 is 1.34 bits per heavy atom. The number of halogens is 2. The number of benzene rings is 1. The SMILES string of the molecule is CCOc1nc(N)nc2c1ncn2[C@@H]1O[C@H](COP(=O)(NC(C)C(=O)OCC(C)(C)C)Oc2ccccc2Cl)[C@@H](F)[C@@]1(C)O. The van der Waals surface area contributed by atoms with E-state index in [-0.39, 0.29) is 52.4 Å². The van der Waals surface area contributed by atoms with Crippen LogP contribution in [0.15, 0.2) is 30.6 Å². The lowest BCUT2D eigenvalue weighted by atomic mass is 9.98. The van der Waals surface area contributed by atoms with Crippen LogP contribution in [0.1, 0.15) is 47.8 Å². The van der Waals surface area contributed by atoms with Gasteiger partial charge in [-0.25, -0.2) is 13.9 Å². The van der Waals surface area contributed by atoms with Crippen molar-refractivity contribution in [2.45, 2.75) is 71.7 Å². The molecule has 0 amide bonds. The third kappa shape index (κ3) is 7.59. The van der Waals surface area contributed by atoms with E-state index in [0.29, 0.717) is 0 Å². The van der Waals surface area contributed by atoms with E-state index >= 15 is 4.39 Å². The van der Waals surface area contributed by atoms with Crippen LogP contribution in [0.4, 0.5) is 10.3 Å². The first-order chi connectivity index (χ1) is 20.5. The lowest BCUT2D eigenvalue weighted by Crippen LogP contribution is -2.42. The number of fused-ring (bicyclic) bond motifs is 1. The van der Waals surface area contributed by atoms with Crippen LogP contribution in [-0.2, 0) is 23.4 Å². The Bertz CT molecular complexity index is 1540. The molecule has 1 aromatic carbocycles. The number of nitrogen functional groups attached to an aromatic ring is 1. The molecule has 44 heavy (non-hydrogen) atoms. The van der Waals surface area contributed by atoms with Gasteiger partial charge in [0.05, 0.1) is 31.2 Å². The van der Waals surface area contributed by atoms with Gasteiger partial charge < -0.3 is 29.6 Å². The molecule has 6 atom stereocenters. The zero-order valence-corrected chi connectivity index (χ0v) is 26.8. The van der Waals surface area contributed by atoms with E-state index in [1.807, 2.05) is 20.8 Å². The number of ether oxygens (including phenoxy) is 3. The second-order valence-electron chi connectivity index (χ2n) is 11.6. The summed E-state index contributed by atoms with van der Waals surface area (Å²) in [7, 11) is -4.44. The number of nitrogens with zero attached hydrogens (tertiary/aromatic N) is 4. The minimum Gasteiger partial charge on any atom is -0.476 e. The fourth-order valence-electron chi connectivity index (χ4n) is 4.28. The number of rotatable bonds is 12. The van der Waals surface area contributed by atoms with Crippen LogP contribution in [0.3, 0.4) is 0 Å². The van der Waals surface area contributed by atoms with Crippen molar-refractivity contribution in [1.29, 1.82) is 0 Å². The summed E-state index contributed by atoms with van der Waals surface area (Å²) in [5.41, 5.74) is 3.77. The molecule has 2 aromatic heterocycles. The predicted molar refractivity (Wildman–Crippen MR) is 159 cm³/mol. The van der Waals surface area contributed by atoms with Gasteiger partial charge in [-0.3, -0.25) is 13.9 Å². The monoisotopic (exact) mass is 658 g/mol. The maximum absolute atomic E-state index is 15.7. The summed E-state index contributed by atoms with van der Waals surface area (Å²) < 4.78 is 59.0. The first-order valence-corrected chi connectivity index (χ1v) is 15.7. The highest BCUT2D eigenvalue weighted by Gasteiger charge is 2.55. The van der Waals surface area contributed by atoms with Crippen LogP contribution in [0.25, 0.3) is 11.2 Å². The number of aliphatic hydroxyl groups is 1. The van der Waals surface area contributed by atoms with Gasteiger partial charge in [-0.15, -0.1) is 0 Å². The van der Waals surface area contributed by atoms with Crippen LogP contribution >= 0.6 is 19.3 Å². The molecule has 3 heterocycles. The minimum atomic E-state index is -4.44. The Labute approximate surface area is 258 Å². The summed E-state index contributed by atoms with van der Waals surface area (Å²) in [5, 5.41) is 13.9. The number of carbonyl (C=O) groups is 1. The van der Waals surface area contributed by atoms with Crippen LogP contribution in [-0.4, -0.2) is 74.3 Å². The quantitative estimate of drug-likeness (QED) is 0.186. The van der Waals surface area contributed by atoms with E-state index in [9.17, 15) is 14.5 Å². The van der Waals surface area contributed by atoms with E-state index in [4.69, 9.17) is 40.6 Å². The second-order valence-corrected chi connectivity index (χ2v) is 13.7. The Morgan fingerprint density at radius 2 is 2.05 bits per heavy atom. The van der Waals surface area contributed by atoms with Gasteiger partial charge in [0.15, 0.2) is 23.6 Å². The van der Waals surface area contributed by atoms with Crippen molar-refractivity contribution in [3.8, 4) is 11.6 Å². The molecule has 0 spiro atoms. The van der Waals surface area contributed by atoms with Crippen molar-refractivity contribution in [2.24, 2.45) is 5.41 Å². The number of esters is 1. The van der Waals surface area contributed by atoms with E-state index in [1.165, 1.54) is 36.9 Å². The van der Waals surface area contributed by atoms with Crippen LogP contribution in [0.5, 0.6) is 11.6 Å². The van der Waals surface area contributed by atoms with Gasteiger partial charge in [0, 0.05) is 0 Å². The summed E-state index contributed by atoms with van der Waals surface area (Å²) in [6.45, 7) is 9.77. The number of aromatic nitrogens is 4. The van der Waals surface area contributed by atoms with Gasteiger partial charge >= 0.3 is 13.7 Å². The van der Waals surface area contributed by atoms with Gasteiger partial charge in [0.2, 0.25) is 11.8 Å². The van der Waals surface area contributed by atoms with Gasteiger partial charge in [-0.2, -0.15) is 15.1 Å². The minimum absolute atomic E-state index is 0.0125. The predicted octanol–water partition coefficient (Wildman–Crippen LogP) is 4.22. The average molecular weight is 659 g/mol. The molecule has 4 N–H and O–H groups in total. The topological polar surface area (TPSA) is 182 Å². The highest BCUT2D eigenvalue weighted by Crippen LogP contribution is 2.49. The van der Waals surface area contributed by atoms with Crippen molar-refractivity contribution in [3.63, 3.8) is 0 Å². The van der Waals surface area contributed by atoms with Crippen LogP contribution < -0.4 is 20.1 Å². The molecule has 0 aliphatic carbocycles. The molecule has 1 saturated heterocycles. The number of carbonyl (C=O) groups excluding carboxylic acids is 1. The number of hydrogen-bond acceptors (Lipinski definition) is 12. The first kappa shape index (κ1) is 33.8. The van der Waals surface area contributed by atoms with Crippen molar-refractivity contribution >= 4 is 42.4 Å². The van der Waals surface area contributed by atoms with Crippen molar-refractivity contribution < 1.29 is 42.1 Å². The molecule has 0 radical (unpaired) electrons. The number of para-hydroxylation sites is 1. The molecule has 1 aliphatic heterocycles. The standard InChI is InChI=1S/C27H37ClFN6O8P/c1-7-39-22-19-21(32-25(30)33-22)35(14-31-19)24-27(6,37)20(29)18(42-24)12-41-44(38,43-17-11-9-8-10-16(17)28)34-15(2)23(36)40-13-26(3,4)5/h8-11,14-15,18,20,24,37H,7,12-13H2,1-6H3,(H,34,38)(H2,30,32,33)/t15?,18-,20-,24-,27-,44?/m1/s1. The molecular formula is C27H37ClFN6O8P. The molecule has 0 saturated carbocycles. The molecule has 3 aromatic rings. The van der Waals surface area contributed by atoms with Crippen LogP contribution in [0.2, 0.25) is 5.02 Å². The lowest BCUT2D eigenvalue weighted by molar-refractivity contribution is -0.148. The van der Waals surface area contributed by atoms with Crippen molar-refractivity contribution in [2.75, 3.05) is 25.6 Å². The molecule has 242 valence electrons. The molecular weight excluding hydrogens is 622 g/mol. The van der Waals surface area contributed by atoms with Gasteiger partial charge in [-0.1, -0.05) is 44.5 Å². The third-order valence-electron chi connectivity index (χ3n) is 6.45. The van der Waals surface area contributed by atoms with Crippen molar-refractivity contribution in [1.82, 2.24) is 24.6 Å². The zero-order valence-electron chi connectivity index (χ0n) is 25.2. The lowest BCUT2D eigenvalue weighted by Gasteiger charge is -2.26. The van der Waals surface area contributed by atoms with E-state index in [2.05, 4.69) is 20.0 Å². The summed E-state index contributed by atoms with van der Waals surface area (Å²) in [5.74, 6) is -0.742. The normalized spacial score (nSPS) is 24.2. The van der Waals surface area contributed by atoms with Crippen molar-refractivity contribution in [3.05, 3.63) is 35.6 Å². The maximum Gasteiger partial charge on any atom is 0.459 e. The van der Waals surface area contributed by atoms with Crippen LogP contribution in [0, 0.1) is 5.41 Å². The maximum atomic E-state index is 15.7. The first-order valence-electron chi connectivity index (χ1n) is 13.8. The summed E-state index contributed by atoms with van der Waals surface area (Å²) in [6.07, 6.45) is -3.57. The van der Waals surface area contributed by atoms with Gasteiger partial charge in [-0.05, 0) is 38.3 Å². The molecule has 1 fully saturated rings. The average Bonchev–Trinajstić information content (AvgIpc) is 3.44. The zero-order chi connectivity index (χ0) is 32.4. The fraction of sp³-hybridized carbons (Fsp3) is 0.556. The molecule has 1 aliphatic rings.